The van der Waals surface area contributed by atoms with Gasteiger partial charge in [0.1, 0.15) is 11.6 Å². The van der Waals surface area contributed by atoms with Crippen LogP contribution in [0.15, 0.2) is 12.1 Å². The number of benzene rings is 1. The molecular weight excluding hydrogens is 238 g/mol. The minimum atomic E-state index is -0.787. The Balaban J connectivity index is 2.31. The van der Waals surface area contributed by atoms with Crippen LogP contribution >= 0.6 is 0 Å². The molecule has 18 heavy (non-hydrogen) atoms. The Morgan fingerprint density at radius 2 is 2.11 bits per heavy atom. The van der Waals surface area contributed by atoms with E-state index in [2.05, 4.69) is 0 Å². The monoisotopic (exact) mass is 254 g/mol. The van der Waals surface area contributed by atoms with Crippen LogP contribution in [0.3, 0.4) is 0 Å². The summed E-state index contributed by atoms with van der Waals surface area (Å²) in [6.45, 7) is 3.98. The molecule has 0 saturated carbocycles. The lowest BCUT2D eigenvalue weighted by Crippen LogP contribution is -2.24. The first kappa shape index (κ1) is 13.1. The Morgan fingerprint density at radius 1 is 1.39 bits per heavy atom. The first-order valence-electron chi connectivity index (χ1n) is 6.16. The molecule has 1 fully saturated rings. The van der Waals surface area contributed by atoms with Gasteiger partial charge in [-0.25, -0.2) is 8.78 Å². The molecule has 1 aromatic rings. The summed E-state index contributed by atoms with van der Waals surface area (Å²) in [5, 5.41) is 0. The Kier molecular flexibility index (Phi) is 3.76. The Labute approximate surface area is 105 Å². The van der Waals surface area contributed by atoms with E-state index in [1.165, 1.54) is 13.0 Å². The molecule has 2 unspecified atom stereocenters. The van der Waals surface area contributed by atoms with Gasteiger partial charge in [0, 0.05) is 12.7 Å². The molecule has 0 N–H and O–H groups in total. The maximum Gasteiger partial charge on any atom is 0.171 e. The van der Waals surface area contributed by atoms with Crippen molar-refractivity contribution in [3.63, 3.8) is 0 Å². The predicted molar refractivity (Wildman–Crippen MR) is 63.6 cm³/mol. The molecule has 0 radical (unpaired) electrons. The lowest BCUT2D eigenvalue weighted by Gasteiger charge is -2.16. The van der Waals surface area contributed by atoms with E-state index in [-0.39, 0.29) is 28.9 Å². The van der Waals surface area contributed by atoms with Crippen molar-refractivity contribution in [2.24, 2.45) is 5.92 Å². The van der Waals surface area contributed by atoms with Crippen LogP contribution in [0.4, 0.5) is 8.78 Å². The minimum Gasteiger partial charge on any atom is -0.377 e. The average molecular weight is 254 g/mol. The number of carbonyl (C=O) groups is 1. The summed E-state index contributed by atoms with van der Waals surface area (Å²) in [5.74, 6) is -2.00. The molecule has 0 amide bonds. The molecule has 1 saturated heterocycles. The van der Waals surface area contributed by atoms with Crippen LogP contribution in [-0.2, 0) is 4.74 Å². The molecule has 0 aliphatic carbocycles. The summed E-state index contributed by atoms with van der Waals surface area (Å²) < 4.78 is 32.3. The summed E-state index contributed by atoms with van der Waals surface area (Å²) in [4.78, 5) is 12.3. The summed E-state index contributed by atoms with van der Waals surface area (Å²) in [7, 11) is 0. The zero-order chi connectivity index (χ0) is 13.3. The van der Waals surface area contributed by atoms with Crippen molar-refractivity contribution < 1.29 is 18.3 Å². The third kappa shape index (κ3) is 2.29. The largest absolute Gasteiger partial charge is 0.377 e. The number of carbonyl (C=O) groups excluding carboxylic acids is 1. The molecule has 0 bridgehead atoms. The molecule has 1 aliphatic rings. The van der Waals surface area contributed by atoms with Gasteiger partial charge >= 0.3 is 0 Å². The van der Waals surface area contributed by atoms with Gasteiger partial charge in [-0.3, -0.25) is 4.79 Å². The van der Waals surface area contributed by atoms with Crippen LogP contribution in [0.5, 0.6) is 0 Å². The van der Waals surface area contributed by atoms with Gasteiger partial charge in [0.15, 0.2) is 5.78 Å². The van der Waals surface area contributed by atoms with Crippen molar-refractivity contribution in [3.8, 4) is 0 Å². The van der Waals surface area contributed by atoms with Gasteiger partial charge in [-0.1, -0.05) is 6.92 Å². The summed E-state index contributed by atoms with van der Waals surface area (Å²) in [6.07, 6.45) is 1.17. The van der Waals surface area contributed by atoms with Crippen LogP contribution in [0.25, 0.3) is 0 Å². The van der Waals surface area contributed by atoms with Crippen molar-refractivity contribution >= 4 is 5.78 Å². The molecule has 2 rings (SSSR count). The van der Waals surface area contributed by atoms with Crippen LogP contribution in [0.1, 0.15) is 35.7 Å². The number of hydrogen-bond acceptors (Lipinski definition) is 2. The van der Waals surface area contributed by atoms with Crippen LogP contribution in [-0.4, -0.2) is 18.5 Å². The standard InChI is InChI=1S/C14H16F2O2/c1-3-13-9(4-5-18-13)14(17)10-6-8(2)11(15)7-12(10)16/h6-7,9,13H,3-5H2,1-2H3. The first-order valence-corrected chi connectivity index (χ1v) is 6.16. The normalized spacial score (nSPS) is 23.3. The van der Waals surface area contributed by atoms with E-state index < -0.39 is 11.6 Å². The molecule has 2 nitrogen and oxygen atoms in total. The van der Waals surface area contributed by atoms with Crippen molar-refractivity contribution in [1.29, 1.82) is 0 Å². The van der Waals surface area contributed by atoms with E-state index >= 15 is 0 Å². The minimum absolute atomic E-state index is 0.0251. The average Bonchev–Trinajstić information content (AvgIpc) is 2.81. The topological polar surface area (TPSA) is 26.3 Å². The number of hydrogen-bond donors (Lipinski definition) is 0. The highest BCUT2D eigenvalue weighted by atomic mass is 19.1. The van der Waals surface area contributed by atoms with Crippen molar-refractivity contribution in [2.75, 3.05) is 6.61 Å². The summed E-state index contributed by atoms with van der Waals surface area (Å²) in [5.41, 5.74) is 0.259. The smallest absolute Gasteiger partial charge is 0.171 e. The Hall–Kier alpha value is -1.29. The molecule has 2 atom stereocenters. The number of rotatable bonds is 3. The number of Topliss-reactive ketones (excluding diaryl/α,β-unsaturated/α-hetero) is 1. The van der Waals surface area contributed by atoms with E-state index in [1.54, 1.807) is 0 Å². The summed E-state index contributed by atoms with van der Waals surface area (Å²) in [6, 6.07) is 2.07. The summed E-state index contributed by atoms with van der Waals surface area (Å²) >= 11 is 0. The highest BCUT2D eigenvalue weighted by Crippen LogP contribution is 2.28. The molecule has 0 aromatic heterocycles. The number of ketones is 1. The van der Waals surface area contributed by atoms with Gasteiger partial charge in [0.2, 0.25) is 0 Å². The first-order chi connectivity index (χ1) is 8.54. The molecule has 1 aromatic carbocycles. The van der Waals surface area contributed by atoms with E-state index in [1.807, 2.05) is 6.92 Å². The van der Waals surface area contributed by atoms with Crippen molar-refractivity contribution in [1.82, 2.24) is 0 Å². The van der Waals surface area contributed by atoms with Crippen LogP contribution < -0.4 is 0 Å². The number of aryl methyl sites for hydroxylation is 1. The van der Waals surface area contributed by atoms with Gasteiger partial charge in [-0.15, -0.1) is 0 Å². The SMILES string of the molecule is CCC1OCCC1C(=O)c1cc(C)c(F)cc1F. The highest BCUT2D eigenvalue weighted by Gasteiger charge is 2.34. The number of ether oxygens (including phenoxy) is 1. The second kappa shape index (κ2) is 5.14. The lowest BCUT2D eigenvalue weighted by molar-refractivity contribution is 0.0686. The molecule has 0 spiro atoms. The second-order valence-electron chi connectivity index (χ2n) is 4.66. The van der Waals surface area contributed by atoms with E-state index in [9.17, 15) is 13.6 Å². The predicted octanol–water partition coefficient (Wildman–Crippen LogP) is 3.27. The fraction of sp³-hybridized carbons (Fsp3) is 0.500. The van der Waals surface area contributed by atoms with Gasteiger partial charge < -0.3 is 4.74 Å². The fourth-order valence-corrected chi connectivity index (χ4v) is 2.40. The maximum absolute atomic E-state index is 13.7. The zero-order valence-electron chi connectivity index (χ0n) is 10.5. The maximum atomic E-state index is 13.7. The van der Waals surface area contributed by atoms with E-state index in [0.717, 1.165) is 12.5 Å². The molecule has 1 heterocycles. The third-order valence-corrected chi connectivity index (χ3v) is 3.46. The Bertz CT molecular complexity index is 471. The molecule has 4 heteroatoms. The fourth-order valence-electron chi connectivity index (χ4n) is 2.40. The van der Waals surface area contributed by atoms with Gasteiger partial charge in [0.05, 0.1) is 17.6 Å². The third-order valence-electron chi connectivity index (χ3n) is 3.46. The van der Waals surface area contributed by atoms with Gasteiger partial charge in [-0.2, -0.15) is 0 Å². The zero-order valence-corrected chi connectivity index (χ0v) is 10.5. The highest BCUT2D eigenvalue weighted by molar-refractivity contribution is 5.98. The van der Waals surface area contributed by atoms with E-state index in [4.69, 9.17) is 4.74 Å². The Morgan fingerprint density at radius 3 is 2.78 bits per heavy atom. The van der Waals surface area contributed by atoms with Crippen LogP contribution in [0, 0.1) is 24.5 Å². The quantitative estimate of drug-likeness (QED) is 0.774. The van der Waals surface area contributed by atoms with Crippen LogP contribution in [0.2, 0.25) is 0 Å². The molecule has 98 valence electrons. The van der Waals surface area contributed by atoms with E-state index in [0.29, 0.717) is 13.0 Å². The lowest BCUT2D eigenvalue weighted by atomic mass is 9.89. The van der Waals surface area contributed by atoms with Crippen molar-refractivity contribution in [2.45, 2.75) is 32.8 Å². The van der Waals surface area contributed by atoms with Gasteiger partial charge in [-0.05, 0) is 31.4 Å². The van der Waals surface area contributed by atoms with Crippen molar-refractivity contribution in [3.05, 3.63) is 34.9 Å². The molecule has 1 aliphatic heterocycles. The number of halogens is 2. The van der Waals surface area contributed by atoms with Gasteiger partial charge in [0.25, 0.3) is 0 Å². The second-order valence-corrected chi connectivity index (χ2v) is 4.66. The molecular formula is C14H16F2O2.